The van der Waals surface area contributed by atoms with Gasteiger partial charge in [0.05, 0.1) is 22.1 Å². The van der Waals surface area contributed by atoms with E-state index in [4.69, 9.17) is 23.1 Å². The number of nitrogens with one attached hydrogen (secondary N) is 1. The van der Waals surface area contributed by atoms with Crippen LogP contribution >= 0.6 is 27.5 Å². The van der Waals surface area contributed by atoms with Crippen LogP contribution < -0.4 is 16.8 Å². The number of carbonyl (C=O) groups excluding carboxylic acids is 1. The molecule has 0 radical (unpaired) electrons. The molecule has 0 saturated carbocycles. The Balaban J connectivity index is 2.38. The Labute approximate surface area is 128 Å². The molecule has 20 heavy (non-hydrogen) atoms. The number of hydrogen-bond acceptors (Lipinski definition) is 3. The maximum absolute atomic E-state index is 13.1. The maximum atomic E-state index is 13.1. The molecule has 0 spiro atoms. The van der Waals surface area contributed by atoms with Crippen molar-refractivity contribution < 1.29 is 9.18 Å². The molecule has 0 unspecified atom stereocenters. The number of hydrogen-bond donors (Lipinski definition) is 3. The fraction of sp³-hybridized carbons (Fsp3) is 0. The predicted octanol–water partition coefficient (Wildman–Crippen LogP) is 3.67. The average molecular weight is 359 g/mol. The number of amides is 1. The van der Waals surface area contributed by atoms with Gasteiger partial charge in [-0.3, -0.25) is 4.79 Å². The van der Waals surface area contributed by atoms with E-state index in [0.29, 0.717) is 27.1 Å². The summed E-state index contributed by atoms with van der Waals surface area (Å²) in [4.78, 5) is 11.0. The quantitative estimate of drug-likeness (QED) is 0.732. The van der Waals surface area contributed by atoms with Crippen LogP contribution in [0, 0.1) is 5.82 Å². The highest BCUT2D eigenvalue weighted by Gasteiger charge is 2.11. The number of anilines is 3. The highest BCUT2D eigenvalue weighted by atomic mass is 79.9. The van der Waals surface area contributed by atoms with E-state index in [0.717, 1.165) is 0 Å². The molecular weight excluding hydrogens is 349 g/mol. The van der Waals surface area contributed by atoms with E-state index in [-0.39, 0.29) is 5.02 Å². The monoisotopic (exact) mass is 357 g/mol. The summed E-state index contributed by atoms with van der Waals surface area (Å²) in [5.74, 6) is -1.02. The van der Waals surface area contributed by atoms with E-state index in [1.807, 2.05) is 0 Å². The minimum atomic E-state index is -0.566. The zero-order valence-corrected chi connectivity index (χ0v) is 12.4. The number of rotatable bonds is 3. The minimum Gasteiger partial charge on any atom is -0.397 e. The van der Waals surface area contributed by atoms with Crippen LogP contribution in [-0.2, 0) is 0 Å². The summed E-state index contributed by atoms with van der Waals surface area (Å²) in [7, 11) is 0. The van der Waals surface area contributed by atoms with Crippen molar-refractivity contribution in [3.05, 3.63) is 51.2 Å². The van der Waals surface area contributed by atoms with E-state index in [9.17, 15) is 9.18 Å². The predicted molar refractivity (Wildman–Crippen MR) is 81.8 cm³/mol. The molecule has 0 aromatic heterocycles. The Bertz CT molecular complexity index is 670. The lowest BCUT2D eigenvalue weighted by Crippen LogP contribution is -2.11. The molecule has 0 heterocycles. The Hall–Kier alpha value is -1.79. The van der Waals surface area contributed by atoms with Gasteiger partial charge in [-0.05, 0) is 46.3 Å². The zero-order chi connectivity index (χ0) is 14.9. The van der Waals surface area contributed by atoms with Gasteiger partial charge >= 0.3 is 0 Å². The largest absolute Gasteiger partial charge is 0.397 e. The van der Waals surface area contributed by atoms with Gasteiger partial charge in [-0.25, -0.2) is 4.39 Å². The van der Waals surface area contributed by atoms with Crippen molar-refractivity contribution in [2.45, 2.75) is 0 Å². The van der Waals surface area contributed by atoms with Gasteiger partial charge in [0.2, 0.25) is 5.91 Å². The summed E-state index contributed by atoms with van der Waals surface area (Å²) in [5, 5.41) is 3.18. The average Bonchev–Trinajstić information content (AvgIpc) is 2.34. The van der Waals surface area contributed by atoms with Gasteiger partial charge in [-0.2, -0.15) is 0 Å². The topological polar surface area (TPSA) is 81.1 Å². The number of nitrogen functional groups attached to an aromatic ring is 1. The fourth-order valence-electron chi connectivity index (χ4n) is 1.63. The van der Waals surface area contributed by atoms with Crippen molar-refractivity contribution in [2.75, 3.05) is 11.1 Å². The molecule has 0 aliphatic heterocycles. The zero-order valence-electron chi connectivity index (χ0n) is 10.1. The van der Waals surface area contributed by atoms with Crippen LogP contribution in [0.4, 0.5) is 21.5 Å². The number of primary amides is 1. The second kappa shape index (κ2) is 5.68. The SMILES string of the molecule is NC(=O)c1ccc(Nc2c(Cl)cc(F)cc2Br)c(N)c1. The molecule has 0 aliphatic carbocycles. The standard InChI is InChI=1S/C13H10BrClFN3O/c14-8-4-7(16)5-9(15)12(8)19-11-2-1-6(13(18)20)3-10(11)17/h1-5,19H,17H2,(H2,18,20). The minimum absolute atomic E-state index is 0.204. The molecule has 0 saturated heterocycles. The van der Waals surface area contributed by atoms with Crippen molar-refractivity contribution in [1.82, 2.24) is 0 Å². The highest BCUT2D eigenvalue weighted by Crippen LogP contribution is 2.35. The molecule has 104 valence electrons. The van der Waals surface area contributed by atoms with Crippen molar-refractivity contribution in [1.29, 1.82) is 0 Å². The van der Waals surface area contributed by atoms with Gasteiger partial charge in [0, 0.05) is 10.0 Å². The molecule has 2 aromatic rings. The van der Waals surface area contributed by atoms with E-state index in [1.165, 1.54) is 24.3 Å². The van der Waals surface area contributed by atoms with E-state index < -0.39 is 11.7 Å². The smallest absolute Gasteiger partial charge is 0.248 e. The molecule has 2 aromatic carbocycles. The third-order valence-corrected chi connectivity index (χ3v) is 3.53. The molecule has 0 bridgehead atoms. The molecule has 0 aliphatic rings. The van der Waals surface area contributed by atoms with Crippen LogP contribution in [0.25, 0.3) is 0 Å². The van der Waals surface area contributed by atoms with Crippen molar-refractivity contribution >= 4 is 50.5 Å². The van der Waals surface area contributed by atoms with E-state index >= 15 is 0 Å². The van der Waals surface area contributed by atoms with Crippen molar-refractivity contribution in [2.24, 2.45) is 5.73 Å². The lowest BCUT2D eigenvalue weighted by atomic mass is 10.1. The summed E-state index contributed by atoms with van der Waals surface area (Å²) in [6.07, 6.45) is 0. The van der Waals surface area contributed by atoms with Crippen LogP contribution in [0.3, 0.4) is 0 Å². The van der Waals surface area contributed by atoms with Crippen molar-refractivity contribution in [3.63, 3.8) is 0 Å². The Kier molecular flexibility index (Phi) is 4.15. The first-order valence-electron chi connectivity index (χ1n) is 5.49. The molecule has 0 atom stereocenters. The molecule has 0 fully saturated rings. The van der Waals surface area contributed by atoms with Gasteiger partial charge < -0.3 is 16.8 Å². The molecule has 7 heteroatoms. The first kappa shape index (κ1) is 14.6. The third-order valence-electron chi connectivity index (χ3n) is 2.60. The number of benzene rings is 2. The summed E-state index contributed by atoms with van der Waals surface area (Å²) >= 11 is 9.19. The highest BCUT2D eigenvalue weighted by molar-refractivity contribution is 9.10. The second-order valence-corrected chi connectivity index (χ2v) is 5.30. The van der Waals surface area contributed by atoms with Crippen LogP contribution in [0.5, 0.6) is 0 Å². The first-order chi connectivity index (χ1) is 9.38. The molecule has 2 rings (SSSR count). The molecular formula is C13H10BrClFN3O. The molecule has 4 nitrogen and oxygen atoms in total. The first-order valence-corrected chi connectivity index (χ1v) is 6.66. The van der Waals surface area contributed by atoms with Gasteiger partial charge in [0.15, 0.2) is 0 Å². The van der Waals surface area contributed by atoms with Crippen molar-refractivity contribution in [3.8, 4) is 0 Å². The summed E-state index contributed by atoms with van der Waals surface area (Å²) < 4.78 is 13.6. The van der Waals surface area contributed by atoms with Gasteiger partial charge in [0.25, 0.3) is 0 Å². The summed E-state index contributed by atoms with van der Waals surface area (Å²) in [6, 6.07) is 7.05. The van der Waals surface area contributed by atoms with Crippen LogP contribution in [0.15, 0.2) is 34.8 Å². The lowest BCUT2D eigenvalue weighted by Gasteiger charge is -2.13. The Morgan fingerprint density at radius 3 is 2.55 bits per heavy atom. The van der Waals surface area contributed by atoms with Gasteiger partial charge in [-0.15, -0.1) is 0 Å². The number of nitrogens with two attached hydrogens (primary N) is 2. The van der Waals surface area contributed by atoms with Crippen LogP contribution in [0.2, 0.25) is 5.02 Å². The Morgan fingerprint density at radius 1 is 1.30 bits per heavy atom. The summed E-state index contributed by atoms with van der Waals surface area (Å²) in [5.41, 5.74) is 12.6. The third kappa shape index (κ3) is 3.02. The van der Waals surface area contributed by atoms with Gasteiger partial charge in [-0.1, -0.05) is 11.6 Å². The Morgan fingerprint density at radius 2 is 2.00 bits per heavy atom. The summed E-state index contributed by atoms with van der Waals surface area (Å²) in [6.45, 7) is 0. The second-order valence-electron chi connectivity index (χ2n) is 4.04. The number of carbonyl (C=O) groups is 1. The van der Waals surface area contributed by atoms with Gasteiger partial charge in [0.1, 0.15) is 5.82 Å². The number of halogens is 3. The van der Waals surface area contributed by atoms with E-state index in [2.05, 4.69) is 21.2 Å². The van der Waals surface area contributed by atoms with Crippen LogP contribution in [0.1, 0.15) is 10.4 Å². The normalized spacial score (nSPS) is 10.3. The lowest BCUT2D eigenvalue weighted by molar-refractivity contribution is 0.100. The molecule has 1 amide bonds. The van der Waals surface area contributed by atoms with Crippen LogP contribution in [-0.4, -0.2) is 5.91 Å². The van der Waals surface area contributed by atoms with E-state index in [1.54, 1.807) is 6.07 Å². The maximum Gasteiger partial charge on any atom is 0.248 e. The fourth-order valence-corrected chi connectivity index (χ4v) is 2.52. The molecule has 5 N–H and O–H groups in total.